The summed E-state index contributed by atoms with van der Waals surface area (Å²) < 4.78 is 1.93. The van der Waals surface area contributed by atoms with Crippen LogP contribution in [-0.4, -0.2) is 23.1 Å². The molecule has 102 valence electrons. The smallest absolute Gasteiger partial charge is 0.255 e. The van der Waals surface area contributed by atoms with Gasteiger partial charge in [0.2, 0.25) is 0 Å². The van der Waals surface area contributed by atoms with Crippen LogP contribution in [0.4, 0.5) is 0 Å². The van der Waals surface area contributed by atoms with Gasteiger partial charge in [-0.3, -0.25) is 4.79 Å². The molecular formula is C15H21N3O. The second kappa shape index (κ2) is 5.58. The molecule has 0 N–H and O–H groups in total. The molecule has 0 saturated carbocycles. The number of nitriles is 1. The number of pyridine rings is 1. The Hall–Kier alpha value is -1.60. The SMILES string of the molecule is CCC(C)n1c2c(cc(CC#N)c1=O)CN(C)CC2. The van der Waals surface area contributed by atoms with Crippen molar-refractivity contribution in [1.29, 1.82) is 5.26 Å². The van der Waals surface area contributed by atoms with Gasteiger partial charge in [-0.1, -0.05) is 6.92 Å². The lowest BCUT2D eigenvalue weighted by Gasteiger charge is -2.30. The highest BCUT2D eigenvalue weighted by molar-refractivity contribution is 5.30. The summed E-state index contributed by atoms with van der Waals surface area (Å²) in [6.45, 7) is 6.02. The Morgan fingerprint density at radius 3 is 2.89 bits per heavy atom. The summed E-state index contributed by atoms with van der Waals surface area (Å²) in [5.74, 6) is 0. The van der Waals surface area contributed by atoms with Crippen LogP contribution >= 0.6 is 0 Å². The summed E-state index contributed by atoms with van der Waals surface area (Å²) in [6.07, 6.45) is 2.04. The van der Waals surface area contributed by atoms with E-state index >= 15 is 0 Å². The van der Waals surface area contributed by atoms with Crippen LogP contribution in [0.5, 0.6) is 0 Å². The van der Waals surface area contributed by atoms with Crippen molar-refractivity contribution >= 4 is 0 Å². The molecule has 0 saturated heterocycles. The Labute approximate surface area is 114 Å². The zero-order chi connectivity index (χ0) is 14.0. The number of hydrogen-bond donors (Lipinski definition) is 0. The molecule has 1 aliphatic heterocycles. The fourth-order valence-electron chi connectivity index (χ4n) is 2.73. The van der Waals surface area contributed by atoms with Crippen molar-refractivity contribution in [2.75, 3.05) is 13.6 Å². The average molecular weight is 259 g/mol. The van der Waals surface area contributed by atoms with Gasteiger partial charge in [-0.15, -0.1) is 0 Å². The van der Waals surface area contributed by atoms with Gasteiger partial charge in [-0.2, -0.15) is 5.26 Å². The standard InChI is InChI=1S/C15H21N3O/c1-4-11(2)18-14-6-8-17(3)10-13(14)9-12(5-7-16)15(18)19/h9,11H,4-6,8,10H2,1-3H3. The van der Waals surface area contributed by atoms with Gasteiger partial charge < -0.3 is 9.47 Å². The van der Waals surface area contributed by atoms with Crippen molar-refractivity contribution in [3.8, 4) is 6.07 Å². The number of rotatable bonds is 3. The molecule has 0 aromatic carbocycles. The van der Waals surface area contributed by atoms with Crippen molar-refractivity contribution in [3.63, 3.8) is 0 Å². The first-order valence-electron chi connectivity index (χ1n) is 6.90. The Morgan fingerprint density at radius 1 is 1.53 bits per heavy atom. The highest BCUT2D eigenvalue weighted by atomic mass is 16.1. The average Bonchev–Trinajstić information content (AvgIpc) is 2.39. The van der Waals surface area contributed by atoms with E-state index in [1.807, 2.05) is 10.6 Å². The van der Waals surface area contributed by atoms with E-state index in [1.54, 1.807) is 0 Å². The Balaban J connectivity index is 2.62. The molecule has 0 radical (unpaired) electrons. The van der Waals surface area contributed by atoms with Crippen molar-refractivity contribution in [1.82, 2.24) is 9.47 Å². The lowest BCUT2D eigenvalue weighted by Crippen LogP contribution is -2.36. The first kappa shape index (κ1) is 13.8. The monoisotopic (exact) mass is 259 g/mol. The fourth-order valence-corrected chi connectivity index (χ4v) is 2.73. The molecule has 0 amide bonds. The van der Waals surface area contributed by atoms with Crippen LogP contribution < -0.4 is 5.56 Å². The quantitative estimate of drug-likeness (QED) is 0.832. The maximum atomic E-state index is 12.5. The highest BCUT2D eigenvalue weighted by Crippen LogP contribution is 2.21. The summed E-state index contributed by atoms with van der Waals surface area (Å²) in [7, 11) is 2.09. The van der Waals surface area contributed by atoms with Crippen LogP contribution in [0.25, 0.3) is 0 Å². The topological polar surface area (TPSA) is 49.0 Å². The lowest BCUT2D eigenvalue weighted by molar-refractivity contribution is 0.299. The largest absolute Gasteiger partial charge is 0.309 e. The zero-order valence-corrected chi connectivity index (χ0v) is 11.9. The lowest BCUT2D eigenvalue weighted by atomic mass is 10.0. The second-order valence-corrected chi connectivity index (χ2v) is 5.40. The van der Waals surface area contributed by atoms with Gasteiger partial charge in [0.1, 0.15) is 0 Å². The molecule has 4 heteroatoms. The van der Waals surface area contributed by atoms with E-state index < -0.39 is 0 Å². The first-order valence-corrected chi connectivity index (χ1v) is 6.90. The van der Waals surface area contributed by atoms with Gasteiger partial charge in [-0.05, 0) is 32.0 Å². The zero-order valence-electron chi connectivity index (χ0n) is 11.9. The second-order valence-electron chi connectivity index (χ2n) is 5.40. The van der Waals surface area contributed by atoms with E-state index in [1.165, 1.54) is 11.3 Å². The van der Waals surface area contributed by atoms with Crippen LogP contribution in [0.3, 0.4) is 0 Å². The van der Waals surface area contributed by atoms with Crippen LogP contribution in [0.2, 0.25) is 0 Å². The molecule has 1 unspecified atom stereocenters. The molecule has 0 bridgehead atoms. The minimum absolute atomic E-state index is 0.0270. The third kappa shape index (κ3) is 2.57. The molecule has 2 heterocycles. The van der Waals surface area contributed by atoms with Crippen LogP contribution in [0, 0.1) is 11.3 Å². The van der Waals surface area contributed by atoms with E-state index in [4.69, 9.17) is 5.26 Å². The summed E-state index contributed by atoms with van der Waals surface area (Å²) in [5, 5.41) is 8.88. The minimum Gasteiger partial charge on any atom is -0.309 e. The highest BCUT2D eigenvalue weighted by Gasteiger charge is 2.21. The van der Waals surface area contributed by atoms with Crippen LogP contribution in [0.1, 0.15) is 43.1 Å². The van der Waals surface area contributed by atoms with E-state index in [0.29, 0.717) is 5.56 Å². The summed E-state index contributed by atoms with van der Waals surface area (Å²) >= 11 is 0. The van der Waals surface area contributed by atoms with Crippen molar-refractivity contribution in [2.24, 2.45) is 0 Å². The van der Waals surface area contributed by atoms with E-state index in [9.17, 15) is 4.79 Å². The molecule has 1 aromatic rings. The molecule has 0 aliphatic carbocycles. The van der Waals surface area contributed by atoms with Crippen LogP contribution in [-0.2, 0) is 19.4 Å². The molecule has 0 fully saturated rings. The van der Waals surface area contributed by atoms with Gasteiger partial charge >= 0.3 is 0 Å². The summed E-state index contributed by atoms with van der Waals surface area (Å²) in [6, 6.07) is 4.24. The molecule has 2 rings (SSSR count). The van der Waals surface area contributed by atoms with Crippen molar-refractivity contribution in [2.45, 2.75) is 45.7 Å². The Morgan fingerprint density at radius 2 is 2.26 bits per heavy atom. The van der Waals surface area contributed by atoms with Gasteiger partial charge in [0.25, 0.3) is 5.56 Å². The molecule has 1 aliphatic rings. The molecule has 19 heavy (non-hydrogen) atoms. The van der Waals surface area contributed by atoms with Gasteiger partial charge in [0.15, 0.2) is 0 Å². The molecular weight excluding hydrogens is 238 g/mol. The summed E-state index contributed by atoms with van der Waals surface area (Å²) in [5.41, 5.74) is 3.04. The van der Waals surface area contributed by atoms with Crippen molar-refractivity contribution in [3.05, 3.63) is 33.2 Å². The van der Waals surface area contributed by atoms with Crippen molar-refractivity contribution < 1.29 is 0 Å². The van der Waals surface area contributed by atoms with Crippen LogP contribution in [0.15, 0.2) is 10.9 Å². The van der Waals surface area contributed by atoms with Gasteiger partial charge in [-0.25, -0.2) is 0 Å². The third-order valence-corrected chi connectivity index (χ3v) is 3.98. The molecule has 4 nitrogen and oxygen atoms in total. The Kier molecular flexibility index (Phi) is 4.06. The van der Waals surface area contributed by atoms with E-state index in [0.717, 1.165) is 25.9 Å². The number of aromatic nitrogens is 1. The van der Waals surface area contributed by atoms with Gasteiger partial charge in [0.05, 0.1) is 12.5 Å². The molecule has 0 spiro atoms. The minimum atomic E-state index is 0.0270. The fraction of sp³-hybridized carbons (Fsp3) is 0.600. The number of fused-ring (bicyclic) bond motifs is 1. The number of likely N-dealkylation sites (N-methyl/N-ethyl adjacent to an activating group) is 1. The first-order chi connectivity index (χ1) is 9.08. The van der Waals surface area contributed by atoms with Gasteiger partial charge in [0, 0.05) is 36.8 Å². The predicted molar refractivity (Wildman–Crippen MR) is 75.1 cm³/mol. The third-order valence-electron chi connectivity index (χ3n) is 3.98. The summed E-state index contributed by atoms with van der Waals surface area (Å²) in [4.78, 5) is 14.8. The van der Waals surface area contributed by atoms with E-state index in [2.05, 4.69) is 31.9 Å². The Bertz CT molecular complexity index is 568. The maximum absolute atomic E-state index is 12.5. The predicted octanol–water partition coefficient (Wildman–Crippen LogP) is 1.87. The maximum Gasteiger partial charge on any atom is 0.255 e. The van der Waals surface area contributed by atoms with E-state index in [-0.39, 0.29) is 18.0 Å². The molecule has 1 atom stereocenters. The number of nitrogens with zero attached hydrogens (tertiary/aromatic N) is 3. The number of hydrogen-bond acceptors (Lipinski definition) is 3. The normalized spacial score (nSPS) is 16.7. The molecule has 1 aromatic heterocycles.